The van der Waals surface area contributed by atoms with Crippen LogP contribution >= 0.6 is 0 Å². The predicted octanol–water partition coefficient (Wildman–Crippen LogP) is 2.84. The van der Waals surface area contributed by atoms with Gasteiger partial charge in [-0.05, 0) is 81.4 Å². The molecule has 0 amide bonds. The summed E-state index contributed by atoms with van der Waals surface area (Å²) in [6.45, 7) is 5.98. The van der Waals surface area contributed by atoms with E-state index in [0.717, 1.165) is 29.4 Å². The molecule has 1 atom stereocenters. The molecule has 0 spiro atoms. The van der Waals surface area contributed by atoms with Gasteiger partial charge in [0.05, 0.1) is 11.0 Å². The predicted molar refractivity (Wildman–Crippen MR) is 93.1 cm³/mol. The molecule has 0 radical (unpaired) electrons. The van der Waals surface area contributed by atoms with E-state index in [1.54, 1.807) is 12.4 Å². The van der Waals surface area contributed by atoms with Crippen LogP contribution in [-0.4, -0.2) is 41.0 Å². The Morgan fingerprint density at radius 1 is 1.00 bits per heavy atom. The van der Waals surface area contributed by atoms with Gasteiger partial charge in [-0.15, -0.1) is 0 Å². The molecular formula is C19H26N4. The number of hydrogen-bond donors (Lipinski definition) is 1. The Morgan fingerprint density at radius 2 is 1.83 bits per heavy atom. The Kier molecular flexibility index (Phi) is 4.53. The molecule has 4 nitrogen and oxygen atoms in total. The largest absolute Gasteiger partial charge is 0.316 e. The molecule has 2 saturated heterocycles. The van der Waals surface area contributed by atoms with Gasteiger partial charge in [-0.2, -0.15) is 0 Å². The summed E-state index contributed by atoms with van der Waals surface area (Å²) in [5.41, 5.74) is 3.35. The molecule has 122 valence electrons. The van der Waals surface area contributed by atoms with Gasteiger partial charge in [0.2, 0.25) is 0 Å². The van der Waals surface area contributed by atoms with Crippen LogP contribution in [0.2, 0.25) is 0 Å². The number of piperidine rings is 2. The number of aromatic nitrogens is 2. The fourth-order valence-corrected chi connectivity index (χ4v) is 4.23. The number of rotatable bonds is 3. The summed E-state index contributed by atoms with van der Waals surface area (Å²) in [4.78, 5) is 11.4. The lowest BCUT2D eigenvalue weighted by atomic mass is 9.80. The smallest absolute Gasteiger partial charge is 0.0890 e. The molecule has 0 aliphatic carbocycles. The van der Waals surface area contributed by atoms with E-state index in [4.69, 9.17) is 0 Å². The van der Waals surface area contributed by atoms with E-state index < -0.39 is 0 Å². The monoisotopic (exact) mass is 310 g/mol. The highest BCUT2D eigenvalue weighted by Crippen LogP contribution is 2.30. The maximum atomic E-state index is 4.42. The highest BCUT2D eigenvalue weighted by Gasteiger charge is 2.27. The highest BCUT2D eigenvalue weighted by molar-refractivity contribution is 5.74. The van der Waals surface area contributed by atoms with Crippen molar-refractivity contribution in [2.24, 2.45) is 11.8 Å². The van der Waals surface area contributed by atoms with E-state index in [1.165, 1.54) is 57.4 Å². The molecule has 23 heavy (non-hydrogen) atoms. The van der Waals surface area contributed by atoms with Crippen LogP contribution in [0.15, 0.2) is 30.6 Å². The molecule has 2 aromatic rings. The third kappa shape index (κ3) is 3.54. The van der Waals surface area contributed by atoms with Gasteiger partial charge in [-0.1, -0.05) is 6.07 Å². The Labute approximate surface area is 138 Å². The third-order valence-corrected chi connectivity index (χ3v) is 5.57. The summed E-state index contributed by atoms with van der Waals surface area (Å²) in [6.07, 6.45) is 9.05. The van der Waals surface area contributed by atoms with Crippen LogP contribution < -0.4 is 5.32 Å². The number of hydrogen-bond acceptors (Lipinski definition) is 4. The van der Waals surface area contributed by atoms with E-state index in [2.05, 4.69) is 38.4 Å². The van der Waals surface area contributed by atoms with Crippen LogP contribution in [-0.2, 0) is 6.54 Å². The Balaban J connectivity index is 1.34. The van der Waals surface area contributed by atoms with E-state index in [1.807, 2.05) is 0 Å². The lowest BCUT2D eigenvalue weighted by Gasteiger charge is -2.37. The van der Waals surface area contributed by atoms with Crippen molar-refractivity contribution in [1.82, 2.24) is 20.2 Å². The van der Waals surface area contributed by atoms with E-state index in [-0.39, 0.29) is 0 Å². The molecule has 2 aliphatic rings. The van der Waals surface area contributed by atoms with E-state index >= 15 is 0 Å². The van der Waals surface area contributed by atoms with Gasteiger partial charge in [-0.3, -0.25) is 14.9 Å². The number of benzene rings is 1. The minimum absolute atomic E-state index is 0.918. The minimum Gasteiger partial charge on any atom is -0.316 e. The number of nitrogens with zero attached hydrogens (tertiary/aromatic N) is 3. The second-order valence-corrected chi connectivity index (χ2v) is 7.10. The van der Waals surface area contributed by atoms with Crippen molar-refractivity contribution in [3.05, 3.63) is 36.2 Å². The molecule has 0 saturated carbocycles. The van der Waals surface area contributed by atoms with Crippen LogP contribution in [0.25, 0.3) is 11.0 Å². The highest BCUT2D eigenvalue weighted by atomic mass is 15.1. The van der Waals surface area contributed by atoms with Gasteiger partial charge in [0, 0.05) is 18.9 Å². The maximum absolute atomic E-state index is 4.42. The van der Waals surface area contributed by atoms with Crippen LogP contribution in [0.4, 0.5) is 0 Å². The van der Waals surface area contributed by atoms with Crippen molar-refractivity contribution in [1.29, 1.82) is 0 Å². The standard InChI is InChI=1S/C19H26N4/c1-2-17(13-20-7-1)16-5-10-23(11-6-16)14-15-3-4-18-19(12-15)22-9-8-21-18/h3-4,8-9,12,16-17,20H,1-2,5-7,10-11,13-14H2. The summed E-state index contributed by atoms with van der Waals surface area (Å²) in [7, 11) is 0. The van der Waals surface area contributed by atoms with Gasteiger partial charge >= 0.3 is 0 Å². The van der Waals surface area contributed by atoms with Crippen molar-refractivity contribution in [2.45, 2.75) is 32.2 Å². The SMILES string of the molecule is c1cnc2cc(CN3CCC(C4CCCNC4)CC3)ccc2n1. The molecule has 1 N–H and O–H groups in total. The lowest BCUT2D eigenvalue weighted by molar-refractivity contribution is 0.128. The topological polar surface area (TPSA) is 41.1 Å². The van der Waals surface area contributed by atoms with Gasteiger partial charge in [0.1, 0.15) is 0 Å². The van der Waals surface area contributed by atoms with Crippen molar-refractivity contribution in [2.75, 3.05) is 26.2 Å². The Bertz CT molecular complexity index is 643. The van der Waals surface area contributed by atoms with Crippen LogP contribution in [0.3, 0.4) is 0 Å². The molecule has 3 heterocycles. The average Bonchev–Trinajstić information content (AvgIpc) is 2.63. The fraction of sp³-hybridized carbons (Fsp3) is 0.579. The summed E-state index contributed by atoms with van der Waals surface area (Å²) >= 11 is 0. The molecular weight excluding hydrogens is 284 g/mol. The summed E-state index contributed by atoms with van der Waals surface area (Å²) in [5.74, 6) is 1.85. The Morgan fingerprint density at radius 3 is 2.61 bits per heavy atom. The zero-order valence-corrected chi connectivity index (χ0v) is 13.7. The van der Waals surface area contributed by atoms with Crippen molar-refractivity contribution in [3.63, 3.8) is 0 Å². The normalized spacial score (nSPS) is 24.1. The van der Waals surface area contributed by atoms with E-state index in [0.29, 0.717) is 0 Å². The second-order valence-electron chi connectivity index (χ2n) is 7.10. The molecule has 2 fully saturated rings. The Hall–Kier alpha value is -1.52. The summed E-state index contributed by atoms with van der Waals surface area (Å²) in [5, 5.41) is 3.57. The molecule has 1 aromatic carbocycles. The number of nitrogens with one attached hydrogen (secondary N) is 1. The second kappa shape index (κ2) is 6.93. The van der Waals surface area contributed by atoms with Gasteiger partial charge in [0.15, 0.2) is 0 Å². The molecule has 1 unspecified atom stereocenters. The first-order valence-electron chi connectivity index (χ1n) is 9.01. The fourth-order valence-electron chi connectivity index (χ4n) is 4.23. The first kappa shape index (κ1) is 15.0. The number of fused-ring (bicyclic) bond motifs is 1. The molecule has 1 aromatic heterocycles. The van der Waals surface area contributed by atoms with Crippen molar-refractivity contribution >= 4 is 11.0 Å². The maximum Gasteiger partial charge on any atom is 0.0890 e. The van der Waals surface area contributed by atoms with Crippen molar-refractivity contribution in [3.8, 4) is 0 Å². The zero-order valence-electron chi connectivity index (χ0n) is 13.7. The molecule has 2 aliphatic heterocycles. The van der Waals surface area contributed by atoms with Gasteiger partial charge < -0.3 is 5.32 Å². The lowest BCUT2D eigenvalue weighted by Crippen LogP contribution is -2.40. The molecule has 4 heteroatoms. The first-order valence-corrected chi connectivity index (χ1v) is 9.01. The van der Waals surface area contributed by atoms with Gasteiger partial charge in [0.25, 0.3) is 0 Å². The summed E-state index contributed by atoms with van der Waals surface area (Å²) in [6, 6.07) is 6.49. The minimum atomic E-state index is 0.918. The third-order valence-electron chi connectivity index (χ3n) is 5.57. The molecule has 0 bridgehead atoms. The van der Waals surface area contributed by atoms with Crippen LogP contribution in [0.5, 0.6) is 0 Å². The van der Waals surface area contributed by atoms with Crippen LogP contribution in [0, 0.1) is 11.8 Å². The first-order chi connectivity index (χ1) is 11.4. The van der Waals surface area contributed by atoms with Crippen molar-refractivity contribution < 1.29 is 0 Å². The number of likely N-dealkylation sites (tertiary alicyclic amines) is 1. The molecule has 4 rings (SSSR count). The quantitative estimate of drug-likeness (QED) is 0.946. The van der Waals surface area contributed by atoms with E-state index in [9.17, 15) is 0 Å². The summed E-state index contributed by atoms with van der Waals surface area (Å²) < 4.78 is 0. The van der Waals surface area contributed by atoms with Gasteiger partial charge in [-0.25, -0.2) is 0 Å². The van der Waals surface area contributed by atoms with Crippen LogP contribution in [0.1, 0.15) is 31.2 Å². The zero-order chi connectivity index (χ0) is 15.5. The average molecular weight is 310 g/mol.